The molecule has 0 spiro atoms. The first-order valence-electron chi connectivity index (χ1n) is 17.4. The van der Waals surface area contributed by atoms with Crippen molar-refractivity contribution in [2.45, 2.75) is 145 Å². The SMILES string of the molecule is CCCCCCCCCCCCCCCCSc1ccc(C=Cc2ccc(S(=O)(=O)CCCCCCCCO)cc2)cc1. The Labute approximate surface area is 269 Å². The van der Waals surface area contributed by atoms with Gasteiger partial charge >= 0.3 is 0 Å². The van der Waals surface area contributed by atoms with Crippen molar-refractivity contribution in [1.82, 2.24) is 0 Å². The summed E-state index contributed by atoms with van der Waals surface area (Å²) in [6.45, 7) is 2.53. The molecule has 0 aromatic heterocycles. The van der Waals surface area contributed by atoms with Crippen LogP contribution in [0.2, 0.25) is 0 Å². The van der Waals surface area contributed by atoms with Crippen molar-refractivity contribution >= 4 is 33.8 Å². The molecule has 0 aliphatic heterocycles. The van der Waals surface area contributed by atoms with E-state index in [0.717, 1.165) is 43.2 Å². The molecule has 0 radical (unpaired) electrons. The molecule has 2 aromatic rings. The van der Waals surface area contributed by atoms with Crippen molar-refractivity contribution < 1.29 is 13.5 Å². The summed E-state index contributed by atoms with van der Waals surface area (Å²) < 4.78 is 25.3. The molecule has 242 valence electrons. The fraction of sp³-hybridized carbons (Fsp3) is 0.632. The van der Waals surface area contributed by atoms with Gasteiger partial charge in [0.05, 0.1) is 10.6 Å². The zero-order valence-corrected chi connectivity index (χ0v) is 28.8. The molecule has 0 saturated carbocycles. The number of aliphatic hydroxyl groups excluding tert-OH is 1. The molecular formula is C38H60O3S2. The number of benzene rings is 2. The molecule has 0 saturated heterocycles. The van der Waals surface area contributed by atoms with Crippen LogP contribution in [0.3, 0.4) is 0 Å². The van der Waals surface area contributed by atoms with Crippen molar-refractivity contribution in [2.75, 3.05) is 18.1 Å². The van der Waals surface area contributed by atoms with Crippen molar-refractivity contribution in [3.05, 3.63) is 59.7 Å². The van der Waals surface area contributed by atoms with Crippen molar-refractivity contribution in [3.63, 3.8) is 0 Å². The Morgan fingerprint density at radius 1 is 0.558 bits per heavy atom. The Morgan fingerprint density at radius 2 is 0.977 bits per heavy atom. The smallest absolute Gasteiger partial charge is 0.178 e. The van der Waals surface area contributed by atoms with Gasteiger partial charge in [-0.15, -0.1) is 11.8 Å². The van der Waals surface area contributed by atoms with Crippen LogP contribution in [0.25, 0.3) is 12.2 Å². The molecule has 2 rings (SSSR count). The first-order valence-corrected chi connectivity index (χ1v) is 20.0. The third-order valence-corrected chi connectivity index (χ3v) is 11.1. The zero-order valence-electron chi connectivity index (χ0n) is 27.1. The monoisotopic (exact) mass is 628 g/mol. The molecule has 1 N–H and O–H groups in total. The molecule has 0 aliphatic carbocycles. The average molecular weight is 629 g/mol. The lowest BCUT2D eigenvalue weighted by atomic mass is 10.0. The average Bonchev–Trinajstić information content (AvgIpc) is 3.02. The van der Waals surface area contributed by atoms with Gasteiger partial charge in [0, 0.05) is 11.5 Å². The molecule has 0 heterocycles. The maximum absolute atomic E-state index is 12.7. The van der Waals surface area contributed by atoms with Gasteiger partial charge in [-0.2, -0.15) is 0 Å². The van der Waals surface area contributed by atoms with Crippen LogP contribution in [-0.4, -0.2) is 31.6 Å². The third-order valence-electron chi connectivity index (χ3n) is 8.18. The number of unbranched alkanes of at least 4 members (excludes halogenated alkanes) is 18. The molecule has 0 bridgehead atoms. The van der Waals surface area contributed by atoms with Crippen LogP contribution >= 0.6 is 11.8 Å². The Hall–Kier alpha value is -1.56. The Kier molecular flexibility index (Phi) is 21.6. The molecule has 43 heavy (non-hydrogen) atoms. The van der Waals surface area contributed by atoms with Crippen molar-refractivity contribution in [1.29, 1.82) is 0 Å². The van der Waals surface area contributed by atoms with Gasteiger partial charge in [-0.25, -0.2) is 8.42 Å². The van der Waals surface area contributed by atoms with Gasteiger partial charge in [0.25, 0.3) is 0 Å². The van der Waals surface area contributed by atoms with E-state index in [2.05, 4.69) is 37.3 Å². The van der Waals surface area contributed by atoms with Crippen molar-refractivity contribution in [3.8, 4) is 0 Å². The van der Waals surface area contributed by atoms with Crippen LogP contribution in [0.1, 0.15) is 146 Å². The van der Waals surface area contributed by atoms with Crippen molar-refractivity contribution in [2.24, 2.45) is 0 Å². The summed E-state index contributed by atoms with van der Waals surface area (Å²) in [5.41, 5.74) is 2.15. The second kappa shape index (κ2) is 24.7. The van der Waals surface area contributed by atoms with Crippen LogP contribution in [-0.2, 0) is 9.84 Å². The van der Waals surface area contributed by atoms with Gasteiger partial charge < -0.3 is 5.11 Å². The topological polar surface area (TPSA) is 54.4 Å². The van der Waals surface area contributed by atoms with Crippen LogP contribution in [0.4, 0.5) is 0 Å². The standard InChI is InChI=1S/C38H60O3S2/c1-2-3-4-5-6-7-8-9-10-11-12-14-17-20-33-42-37-28-24-35(25-29-37)22-23-36-26-30-38(31-27-36)43(40,41)34-21-18-15-13-16-19-32-39/h22-31,39H,2-21,32-34H2,1H3. The fourth-order valence-electron chi connectivity index (χ4n) is 5.37. The van der Waals surface area contributed by atoms with E-state index < -0.39 is 9.84 Å². The van der Waals surface area contributed by atoms with E-state index in [1.54, 1.807) is 12.1 Å². The van der Waals surface area contributed by atoms with E-state index in [0.29, 0.717) is 11.3 Å². The highest BCUT2D eigenvalue weighted by Gasteiger charge is 2.13. The van der Waals surface area contributed by atoms with Crippen LogP contribution in [0.5, 0.6) is 0 Å². The molecule has 5 heteroatoms. The van der Waals surface area contributed by atoms with Crippen LogP contribution < -0.4 is 0 Å². The summed E-state index contributed by atoms with van der Waals surface area (Å²) in [5, 5.41) is 8.83. The predicted octanol–water partition coefficient (Wildman–Crippen LogP) is 11.5. The summed E-state index contributed by atoms with van der Waals surface area (Å²) in [5.74, 6) is 1.39. The van der Waals surface area contributed by atoms with Crippen LogP contribution in [0, 0.1) is 0 Å². The summed E-state index contributed by atoms with van der Waals surface area (Å²) >= 11 is 1.95. The normalized spacial score (nSPS) is 12.0. The molecule has 0 aliphatic rings. The Bertz CT molecular complexity index is 1060. The minimum absolute atomic E-state index is 0.200. The highest BCUT2D eigenvalue weighted by atomic mass is 32.2. The van der Waals surface area contributed by atoms with Gasteiger partial charge in [-0.05, 0) is 60.4 Å². The molecule has 2 aromatic carbocycles. The number of rotatable bonds is 27. The highest BCUT2D eigenvalue weighted by molar-refractivity contribution is 7.99. The van der Waals surface area contributed by atoms with E-state index in [1.807, 2.05) is 30.0 Å². The summed E-state index contributed by atoms with van der Waals surface area (Å²) in [4.78, 5) is 1.73. The van der Waals surface area contributed by atoms with Gasteiger partial charge in [0.1, 0.15) is 0 Å². The third kappa shape index (κ3) is 18.8. The largest absolute Gasteiger partial charge is 0.396 e. The maximum Gasteiger partial charge on any atom is 0.178 e. The minimum Gasteiger partial charge on any atom is -0.396 e. The first kappa shape index (κ1) is 37.6. The Morgan fingerprint density at radius 3 is 1.47 bits per heavy atom. The summed E-state index contributed by atoms with van der Waals surface area (Å²) in [7, 11) is -3.24. The minimum atomic E-state index is -3.24. The van der Waals surface area contributed by atoms with Gasteiger partial charge in [-0.3, -0.25) is 0 Å². The molecule has 0 fully saturated rings. The predicted molar refractivity (Wildman–Crippen MR) is 190 cm³/mol. The highest BCUT2D eigenvalue weighted by Crippen LogP contribution is 2.22. The van der Waals surface area contributed by atoms with E-state index in [1.165, 1.54) is 101 Å². The number of aliphatic hydroxyl groups is 1. The second-order valence-corrected chi connectivity index (χ2v) is 15.4. The zero-order chi connectivity index (χ0) is 30.9. The summed E-state index contributed by atoms with van der Waals surface area (Å²) in [6.07, 6.45) is 29.3. The number of hydrogen-bond acceptors (Lipinski definition) is 4. The fourth-order valence-corrected chi connectivity index (χ4v) is 7.65. The second-order valence-electron chi connectivity index (χ2n) is 12.1. The Balaban J connectivity index is 1.55. The maximum atomic E-state index is 12.7. The lowest BCUT2D eigenvalue weighted by Crippen LogP contribution is -2.06. The number of hydrogen-bond donors (Lipinski definition) is 1. The molecule has 0 unspecified atom stereocenters. The van der Waals surface area contributed by atoms with E-state index in [-0.39, 0.29) is 12.4 Å². The lowest BCUT2D eigenvalue weighted by molar-refractivity contribution is 0.282. The van der Waals surface area contributed by atoms with Gasteiger partial charge in [0.2, 0.25) is 0 Å². The molecule has 0 atom stereocenters. The molecule has 0 amide bonds. The molecular weight excluding hydrogens is 569 g/mol. The summed E-state index contributed by atoms with van der Waals surface area (Å²) in [6, 6.07) is 16.0. The number of thioether (sulfide) groups is 1. The lowest BCUT2D eigenvalue weighted by Gasteiger charge is -2.05. The van der Waals surface area contributed by atoms with E-state index in [9.17, 15) is 8.42 Å². The quantitative estimate of drug-likeness (QED) is 0.0607. The van der Waals surface area contributed by atoms with E-state index in [4.69, 9.17) is 5.11 Å². The first-order chi connectivity index (χ1) is 21.0. The van der Waals surface area contributed by atoms with Gasteiger partial charge in [0.15, 0.2) is 9.84 Å². The molecule has 3 nitrogen and oxygen atoms in total. The van der Waals surface area contributed by atoms with E-state index >= 15 is 0 Å². The van der Waals surface area contributed by atoms with Gasteiger partial charge in [-0.1, -0.05) is 152 Å². The van der Waals surface area contributed by atoms with Crippen LogP contribution in [0.15, 0.2) is 58.3 Å². The number of sulfone groups is 1.